The predicted molar refractivity (Wildman–Crippen MR) is 91.7 cm³/mol. The molecule has 1 amide bonds. The summed E-state index contributed by atoms with van der Waals surface area (Å²) < 4.78 is 17.8. The van der Waals surface area contributed by atoms with Gasteiger partial charge >= 0.3 is 11.9 Å². The molecule has 2 N–H and O–H groups in total. The first-order valence-corrected chi connectivity index (χ1v) is 8.37. The highest BCUT2D eigenvalue weighted by atomic mass is 16.6. The highest BCUT2D eigenvalue weighted by Gasteiger charge is 2.50. The summed E-state index contributed by atoms with van der Waals surface area (Å²) in [7, 11) is 0. The van der Waals surface area contributed by atoms with E-state index in [1.165, 1.54) is 38.0 Å². The van der Waals surface area contributed by atoms with E-state index in [0.29, 0.717) is 11.2 Å². The zero-order valence-corrected chi connectivity index (χ0v) is 15.4. The van der Waals surface area contributed by atoms with Crippen LogP contribution in [0.15, 0.2) is 12.7 Å². The maximum Gasteiger partial charge on any atom is 0.303 e. The Bertz CT molecular complexity index is 914. The minimum Gasteiger partial charge on any atom is -0.456 e. The largest absolute Gasteiger partial charge is 0.456 e. The normalized spacial score (nSPS) is 24.1. The molecule has 1 aliphatic rings. The summed E-state index contributed by atoms with van der Waals surface area (Å²) in [6, 6.07) is 0. The van der Waals surface area contributed by atoms with Crippen LogP contribution in [0.25, 0.3) is 11.2 Å². The molecule has 2 aromatic rings. The fourth-order valence-electron chi connectivity index (χ4n) is 3.03. The molecule has 3 rings (SSSR count). The molecule has 1 saturated heterocycles. The van der Waals surface area contributed by atoms with E-state index in [1.54, 1.807) is 0 Å². The van der Waals surface area contributed by atoms with Crippen molar-refractivity contribution in [3.05, 3.63) is 12.7 Å². The van der Waals surface area contributed by atoms with Gasteiger partial charge in [0.25, 0.3) is 0 Å². The minimum atomic E-state index is -1.05. The molecule has 3 heterocycles. The lowest BCUT2D eigenvalue weighted by molar-refractivity contribution is -0.165. The monoisotopic (exact) mass is 393 g/mol. The number of imidazole rings is 1. The van der Waals surface area contributed by atoms with Gasteiger partial charge in [-0.2, -0.15) is 0 Å². The number of ether oxygens (including phenoxy) is 3. The van der Waals surface area contributed by atoms with Crippen molar-refractivity contribution in [3.63, 3.8) is 0 Å². The molecule has 0 aliphatic carbocycles. The number of amides is 1. The Labute approximate surface area is 158 Å². The lowest BCUT2D eigenvalue weighted by atomic mass is 10.1. The van der Waals surface area contributed by atoms with Crippen LogP contribution >= 0.6 is 0 Å². The number of aliphatic hydroxyl groups excluding tert-OH is 1. The second-order valence-electron chi connectivity index (χ2n) is 6.12. The third-order valence-electron chi connectivity index (χ3n) is 4.00. The van der Waals surface area contributed by atoms with Crippen LogP contribution in [0.3, 0.4) is 0 Å². The molecule has 0 spiro atoms. The average molecular weight is 393 g/mol. The number of rotatable bonds is 5. The highest BCUT2D eigenvalue weighted by molar-refractivity contribution is 5.95. The van der Waals surface area contributed by atoms with Gasteiger partial charge in [0.2, 0.25) is 5.91 Å². The van der Waals surface area contributed by atoms with Gasteiger partial charge in [0.1, 0.15) is 12.4 Å². The van der Waals surface area contributed by atoms with Crippen molar-refractivity contribution >= 4 is 34.8 Å². The van der Waals surface area contributed by atoms with Crippen LogP contribution in [0.1, 0.15) is 27.0 Å². The van der Waals surface area contributed by atoms with Crippen molar-refractivity contribution in [2.24, 2.45) is 0 Å². The number of aromatic nitrogens is 4. The molecule has 2 aromatic heterocycles. The van der Waals surface area contributed by atoms with E-state index in [0.717, 1.165) is 0 Å². The first-order valence-electron chi connectivity index (χ1n) is 8.37. The van der Waals surface area contributed by atoms with Crippen LogP contribution in [0.5, 0.6) is 0 Å². The summed E-state index contributed by atoms with van der Waals surface area (Å²) in [5.74, 6) is -1.36. The smallest absolute Gasteiger partial charge is 0.303 e. The van der Waals surface area contributed by atoms with E-state index in [-0.39, 0.29) is 11.7 Å². The number of hydrogen-bond donors (Lipinski definition) is 2. The van der Waals surface area contributed by atoms with Crippen LogP contribution in [0, 0.1) is 0 Å². The van der Waals surface area contributed by atoms with E-state index in [9.17, 15) is 19.5 Å². The van der Waals surface area contributed by atoms with Crippen LogP contribution in [-0.2, 0) is 28.6 Å². The molecular formula is C16H19N5O7. The third kappa shape index (κ3) is 3.77. The average Bonchev–Trinajstić information content (AvgIpc) is 3.16. The Morgan fingerprint density at radius 3 is 2.43 bits per heavy atom. The Kier molecular flexibility index (Phi) is 5.51. The molecule has 0 unspecified atom stereocenters. The SMILES string of the molecule is CC(=O)Nc1ncnc2c1ncn2[C@@H]1O[C@H](CO)[C@@H](OC(C)=O)[C@H]1OC(C)=O. The van der Waals surface area contributed by atoms with Gasteiger partial charge in [-0.15, -0.1) is 0 Å². The van der Waals surface area contributed by atoms with Crippen molar-refractivity contribution in [1.29, 1.82) is 0 Å². The van der Waals surface area contributed by atoms with E-state index in [4.69, 9.17) is 14.2 Å². The van der Waals surface area contributed by atoms with Gasteiger partial charge < -0.3 is 24.6 Å². The maximum atomic E-state index is 11.6. The fraction of sp³-hybridized carbons (Fsp3) is 0.500. The third-order valence-corrected chi connectivity index (χ3v) is 4.00. The first kappa shape index (κ1) is 19.6. The summed E-state index contributed by atoms with van der Waals surface area (Å²) in [6.45, 7) is 3.27. The lowest BCUT2D eigenvalue weighted by Crippen LogP contribution is -2.40. The van der Waals surface area contributed by atoms with Crippen molar-refractivity contribution in [3.8, 4) is 0 Å². The lowest BCUT2D eigenvalue weighted by Gasteiger charge is -2.23. The number of aliphatic hydroxyl groups is 1. The van der Waals surface area contributed by atoms with Crippen LogP contribution in [-0.4, -0.2) is 67.4 Å². The molecule has 0 saturated carbocycles. The zero-order chi connectivity index (χ0) is 20.4. The minimum absolute atomic E-state index is 0.202. The number of hydrogen-bond acceptors (Lipinski definition) is 10. The highest BCUT2D eigenvalue weighted by Crippen LogP contribution is 2.35. The van der Waals surface area contributed by atoms with E-state index >= 15 is 0 Å². The van der Waals surface area contributed by atoms with E-state index in [2.05, 4.69) is 20.3 Å². The Morgan fingerprint density at radius 1 is 1.14 bits per heavy atom. The Morgan fingerprint density at radius 2 is 1.82 bits per heavy atom. The molecule has 28 heavy (non-hydrogen) atoms. The number of nitrogens with one attached hydrogen (secondary N) is 1. The van der Waals surface area contributed by atoms with Crippen LogP contribution < -0.4 is 5.32 Å². The number of anilines is 1. The number of nitrogens with zero attached hydrogens (tertiary/aromatic N) is 4. The summed E-state index contributed by atoms with van der Waals surface area (Å²) in [4.78, 5) is 46.8. The maximum absolute atomic E-state index is 11.6. The quantitative estimate of drug-likeness (QED) is 0.637. The summed E-state index contributed by atoms with van der Waals surface area (Å²) in [5, 5.41) is 12.2. The number of carbonyl (C=O) groups excluding carboxylic acids is 3. The summed E-state index contributed by atoms with van der Waals surface area (Å²) in [6.07, 6.45) is -1.37. The number of esters is 2. The molecule has 4 atom stereocenters. The Balaban J connectivity index is 2.04. The molecule has 12 nitrogen and oxygen atoms in total. The molecule has 0 radical (unpaired) electrons. The molecule has 150 valence electrons. The van der Waals surface area contributed by atoms with Gasteiger partial charge in [0, 0.05) is 20.8 Å². The van der Waals surface area contributed by atoms with Crippen LogP contribution in [0.2, 0.25) is 0 Å². The number of carbonyl (C=O) groups is 3. The Hall–Kier alpha value is -3.12. The van der Waals surface area contributed by atoms with Crippen molar-refractivity contribution in [2.45, 2.75) is 45.3 Å². The molecule has 0 aromatic carbocycles. The molecule has 1 aliphatic heterocycles. The predicted octanol–water partition coefficient (Wildman–Crippen LogP) is -0.462. The summed E-state index contributed by atoms with van der Waals surface area (Å²) in [5.41, 5.74) is 0.584. The van der Waals surface area contributed by atoms with Gasteiger partial charge in [-0.25, -0.2) is 15.0 Å². The van der Waals surface area contributed by atoms with Crippen molar-refractivity contribution < 1.29 is 33.7 Å². The number of fused-ring (bicyclic) bond motifs is 1. The van der Waals surface area contributed by atoms with E-state index in [1.807, 2.05) is 0 Å². The van der Waals surface area contributed by atoms with Gasteiger partial charge in [0.05, 0.1) is 12.9 Å². The van der Waals surface area contributed by atoms with E-state index < -0.39 is 43.1 Å². The second kappa shape index (κ2) is 7.86. The molecule has 0 bridgehead atoms. The topological polar surface area (TPSA) is 155 Å². The zero-order valence-electron chi connectivity index (χ0n) is 15.4. The van der Waals surface area contributed by atoms with Crippen molar-refractivity contribution in [2.75, 3.05) is 11.9 Å². The van der Waals surface area contributed by atoms with Crippen molar-refractivity contribution in [1.82, 2.24) is 19.5 Å². The summed E-state index contributed by atoms with van der Waals surface area (Å²) >= 11 is 0. The molecular weight excluding hydrogens is 374 g/mol. The second-order valence-corrected chi connectivity index (χ2v) is 6.12. The molecule has 12 heteroatoms. The van der Waals surface area contributed by atoms with Gasteiger partial charge in [-0.1, -0.05) is 0 Å². The van der Waals surface area contributed by atoms with Gasteiger partial charge in [-0.05, 0) is 0 Å². The standard InChI is InChI=1S/C16H19N5O7/c1-7(23)20-14-11-15(18-5-17-14)21(6-19-11)16-13(27-9(3)25)12(26-8(2)24)10(4-22)28-16/h5-6,10,12-13,16,22H,4H2,1-3H3,(H,17,18,20,23)/t10-,12-,13-,16-/m1/s1. The first-order chi connectivity index (χ1) is 13.3. The molecule has 1 fully saturated rings. The fourth-order valence-corrected chi connectivity index (χ4v) is 3.03. The van der Waals surface area contributed by atoms with Gasteiger partial charge in [0.15, 0.2) is 35.4 Å². The van der Waals surface area contributed by atoms with Crippen LogP contribution in [0.4, 0.5) is 5.82 Å². The van der Waals surface area contributed by atoms with Gasteiger partial charge in [-0.3, -0.25) is 19.0 Å².